The number of nitrogens with zero attached hydrogens (tertiary/aromatic N) is 9. The lowest BCUT2D eigenvalue weighted by atomic mass is 10.0. The first-order valence-corrected chi connectivity index (χ1v) is 10.6. The van der Waals surface area contributed by atoms with Crippen LogP contribution in [0.25, 0.3) is 26.3 Å². The van der Waals surface area contributed by atoms with Gasteiger partial charge in [0.25, 0.3) is 11.6 Å². The van der Waals surface area contributed by atoms with Crippen molar-refractivity contribution in [1.29, 1.82) is 0 Å². The van der Waals surface area contributed by atoms with Crippen molar-refractivity contribution in [3.05, 3.63) is 102 Å². The number of rotatable bonds is 5. The van der Waals surface area contributed by atoms with E-state index in [9.17, 15) is 9.90 Å². The number of azo groups is 1. The fraction of sp³-hybridized carbons (Fsp3) is 0. The minimum Gasteiger partial charge on any atom is -0.505 e. The number of benzene rings is 2. The first kappa shape index (κ1) is 22.8. The molecule has 5 rings (SSSR count). The van der Waals surface area contributed by atoms with Crippen molar-refractivity contribution < 1.29 is 9.90 Å². The maximum atomic E-state index is 13.0. The van der Waals surface area contributed by atoms with Gasteiger partial charge in [0.05, 0.1) is 31.1 Å². The summed E-state index contributed by atoms with van der Waals surface area (Å²) in [5, 5.41) is 27.5. The van der Waals surface area contributed by atoms with Crippen LogP contribution in [0, 0.1) is 13.1 Å². The van der Waals surface area contributed by atoms with Crippen molar-refractivity contribution in [3.8, 4) is 11.6 Å². The van der Waals surface area contributed by atoms with Crippen LogP contribution in [0.4, 0.5) is 28.7 Å². The zero-order valence-electron chi connectivity index (χ0n) is 18.8. The molecule has 0 spiro atoms. The summed E-state index contributed by atoms with van der Waals surface area (Å²) in [6.07, 6.45) is 7.08. The Morgan fingerprint density at radius 1 is 1.00 bits per heavy atom. The number of amides is 1. The molecule has 1 amide bonds. The molecule has 0 aliphatic heterocycles. The molecule has 0 bridgehead atoms. The molecule has 5 aromatic rings. The molecule has 0 atom stereocenters. The molecule has 0 fully saturated rings. The molecule has 0 radical (unpaired) electrons. The molecule has 176 valence electrons. The third-order valence-corrected chi connectivity index (χ3v) is 5.22. The van der Waals surface area contributed by atoms with Gasteiger partial charge in [0.1, 0.15) is 11.5 Å². The normalized spacial score (nSPS) is 10.8. The van der Waals surface area contributed by atoms with E-state index >= 15 is 0 Å². The topological polar surface area (TPSA) is 139 Å². The number of fused-ring (bicyclic) bond motifs is 1. The number of pyridine rings is 1. The predicted molar refractivity (Wildman–Crippen MR) is 134 cm³/mol. The lowest BCUT2D eigenvalue weighted by Crippen LogP contribution is -2.13. The third kappa shape index (κ3) is 4.41. The lowest BCUT2D eigenvalue weighted by Gasteiger charge is -2.11. The summed E-state index contributed by atoms with van der Waals surface area (Å²) in [5.41, 5.74) is 0.411. The molecule has 12 nitrogen and oxygen atoms in total. The van der Waals surface area contributed by atoms with Gasteiger partial charge in [-0.05, 0) is 17.5 Å². The lowest BCUT2D eigenvalue weighted by molar-refractivity contribution is 0.102. The third-order valence-electron chi connectivity index (χ3n) is 5.22. The second kappa shape index (κ2) is 9.69. The second-order valence-corrected chi connectivity index (χ2v) is 7.45. The summed E-state index contributed by atoms with van der Waals surface area (Å²) in [6.45, 7) is 14.5. The second-order valence-electron chi connectivity index (χ2n) is 7.45. The van der Waals surface area contributed by atoms with Crippen LogP contribution >= 0.6 is 0 Å². The van der Waals surface area contributed by atoms with E-state index in [2.05, 4.69) is 45.3 Å². The quantitative estimate of drug-likeness (QED) is 0.242. The monoisotopic (exact) mass is 486 g/mol. The highest BCUT2D eigenvalue weighted by Gasteiger charge is 2.20. The summed E-state index contributed by atoms with van der Waals surface area (Å²) in [5.74, 6) is -0.423. The largest absolute Gasteiger partial charge is 0.505 e. The maximum absolute atomic E-state index is 13.0. The number of anilines is 1. The number of hydrogen-bond donors (Lipinski definition) is 2. The highest BCUT2D eigenvalue weighted by atomic mass is 16.3. The molecule has 0 saturated heterocycles. The molecular weight excluding hydrogens is 472 g/mol. The van der Waals surface area contributed by atoms with Crippen molar-refractivity contribution in [3.63, 3.8) is 0 Å². The summed E-state index contributed by atoms with van der Waals surface area (Å²) < 4.78 is 1.30. The molecular formula is C25H14N10O2. The standard InChI is InChI=1S/C25H14N10O2/c1-26-16-7-8-20(30-12-16)32-25(37)18-11-15-5-3-4-6-17(15)22(23(18)36)33-34-24-19(27-2)13-31-35(24)21-14-28-9-10-29-21/h3-14,36H,(H,30,32,37). The molecule has 37 heavy (non-hydrogen) atoms. The Morgan fingerprint density at radius 2 is 1.86 bits per heavy atom. The molecule has 0 aliphatic rings. The Morgan fingerprint density at radius 3 is 2.59 bits per heavy atom. The van der Waals surface area contributed by atoms with Gasteiger partial charge in [-0.3, -0.25) is 14.8 Å². The number of aromatic nitrogens is 5. The number of carbonyl (C=O) groups excluding carboxylic acids is 1. The Hall–Kier alpha value is -6.01. The van der Waals surface area contributed by atoms with Crippen molar-refractivity contribution in [2.45, 2.75) is 0 Å². The van der Waals surface area contributed by atoms with Gasteiger partial charge in [0, 0.05) is 24.0 Å². The predicted octanol–water partition coefficient (Wildman–Crippen LogP) is 5.69. The molecule has 2 aromatic carbocycles. The zero-order valence-corrected chi connectivity index (χ0v) is 18.8. The fourth-order valence-corrected chi connectivity index (χ4v) is 3.47. The van der Waals surface area contributed by atoms with Crippen LogP contribution < -0.4 is 5.32 Å². The van der Waals surface area contributed by atoms with E-state index in [4.69, 9.17) is 13.1 Å². The van der Waals surface area contributed by atoms with Gasteiger partial charge in [-0.2, -0.15) is 5.10 Å². The number of nitrogens with one attached hydrogen (secondary N) is 1. The van der Waals surface area contributed by atoms with E-state index < -0.39 is 11.7 Å². The van der Waals surface area contributed by atoms with Gasteiger partial charge in [-0.15, -0.1) is 10.2 Å². The molecule has 0 saturated carbocycles. The highest BCUT2D eigenvalue weighted by Crippen LogP contribution is 2.40. The summed E-state index contributed by atoms with van der Waals surface area (Å²) in [4.78, 5) is 32.0. The van der Waals surface area contributed by atoms with Crippen molar-refractivity contribution >= 4 is 45.4 Å². The molecule has 12 heteroatoms. The van der Waals surface area contributed by atoms with Crippen LogP contribution in [0.1, 0.15) is 10.4 Å². The van der Waals surface area contributed by atoms with Crippen LogP contribution in [-0.4, -0.2) is 35.7 Å². The number of phenols is 1. The van der Waals surface area contributed by atoms with Crippen LogP contribution in [0.3, 0.4) is 0 Å². The van der Waals surface area contributed by atoms with E-state index in [1.165, 1.54) is 53.9 Å². The number of hydrogen-bond acceptors (Lipinski definition) is 8. The Bertz CT molecular complexity index is 1750. The van der Waals surface area contributed by atoms with E-state index in [0.717, 1.165) is 0 Å². The Labute approximate surface area is 209 Å². The highest BCUT2D eigenvalue weighted by molar-refractivity contribution is 6.11. The Balaban J connectivity index is 1.58. The van der Waals surface area contributed by atoms with Crippen molar-refractivity contribution in [1.82, 2.24) is 24.7 Å². The SMILES string of the molecule is [C-]#[N+]c1ccc(NC(=O)c2cc3ccccc3c(N=Nc3c([N+]#[C-])cnn3-c3cnccn3)c2O)nc1. The average molecular weight is 486 g/mol. The van der Waals surface area contributed by atoms with Crippen LogP contribution in [0.15, 0.2) is 83.7 Å². The van der Waals surface area contributed by atoms with Crippen molar-refractivity contribution in [2.24, 2.45) is 10.2 Å². The smallest absolute Gasteiger partial charge is 0.260 e. The minimum absolute atomic E-state index is 0.0300. The van der Waals surface area contributed by atoms with Gasteiger partial charge < -0.3 is 10.4 Å². The average Bonchev–Trinajstić information content (AvgIpc) is 3.36. The number of carbonyl (C=O) groups is 1. The van der Waals surface area contributed by atoms with Gasteiger partial charge in [0.2, 0.25) is 5.69 Å². The van der Waals surface area contributed by atoms with Gasteiger partial charge in [-0.25, -0.2) is 19.4 Å². The fourth-order valence-electron chi connectivity index (χ4n) is 3.47. The molecule has 3 aromatic heterocycles. The van der Waals surface area contributed by atoms with Crippen molar-refractivity contribution in [2.75, 3.05) is 5.32 Å². The van der Waals surface area contributed by atoms with E-state index in [1.807, 2.05) is 0 Å². The summed E-state index contributed by atoms with van der Waals surface area (Å²) in [6, 6.07) is 11.6. The van der Waals surface area contributed by atoms with E-state index in [-0.39, 0.29) is 28.6 Å². The van der Waals surface area contributed by atoms with Gasteiger partial charge in [-0.1, -0.05) is 30.3 Å². The van der Waals surface area contributed by atoms with Crippen LogP contribution in [0.5, 0.6) is 5.75 Å². The van der Waals surface area contributed by atoms with Gasteiger partial charge in [0.15, 0.2) is 17.4 Å². The molecule has 0 aliphatic carbocycles. The summed E-state index contributed by atoms with van der Waals surface area (Å²) >= 11 is 0. The zero-order chi connectivity index (χ0) is 25.8. The van der Waals surface area contributed by atoms with E-state index in [0.29, 0.717) is 22.3 Å². The van der Waals surface area contributed by atoms with Crippen LogP contribution in [0.2, 0.25) is 0 Å². The summed E-state index contributed by atoms with van der Waals surface area (Å²) in [7, 11) is 0. The Kier molecular flexibility index (Phi) is 5.96. The number of phenolic OH excluding ortho intramolecular Hbond substituents is 1. The molecule has 0 unspecified atom stereocenters. The van der Waals surface area contributed by atoms with E-state index in [1.54, 1.807) is 24.3 Å². The van der Waals surface area contributed by atoms with Crippen LogP contribution in [-0.2, 0) is 0 Å². The first-order valence-electron chi connectivity index (χ1n) is 10.6. The maximum Gasteiger partial charge on any atom is 0.260 e. The first-order chi connectivity index (χ1) is 18.1. The minimum atomic E-state index is -0.630. The molecule has 2 N–H and O–H groups in total. The van der Waals surface area contributed by atoms with Gasteiger partial charge >= 0.3 is 0 Å². The molecule has 3 heterocycles. The number of aromatic hydroxyl groups is 1.